The fourth-order valence-corrected chi connectivity index (χ4v) is 4.33. The van der Waals surface area contributed by atoms with Gasteiger partial charge in [-0.25, -0.2) is 13.1 Å². The van der Waals surface area contributed by atoms with E-state index in [1.54, 1.807) is 7.05 Å². The second-order valence-corrected chi connectivity index (χ2v) is 9.28. The summed E-state index contributed by atoms with van der Waals surface area (Å²) < 4.78 is 32.6. The molecule has 0 amide bonds. The van der Waals surface area contributed by atoms with Crippen LogP contribution in [0.15, 0.2) is 35.3 Å². The smallest absolute Gasteiger partial charge is 0.213 e. The number of hydrogen-bond donors (Lipinski definition) is 3. The van der Waals surface area contributed by atoms with E-state index in [4.69, 9.17) is 4.74 Å². The number of para-hydroxylation sites is 1. The molecular formula is C21H38IN5O3S. The van der Waals surface area contributed by atoms with Gasteiger partial charge >= 0.3 is 0 Å². The molecule has 10 heteroatoms. The predicted octanol–water partition coefficient (Wildman–Crippen LogP) is 2.17. The number of aliphatic imine (C=N–C) groups is 1. The number of ether oxygens (including phenoxy) is 1. The van der Waals surface area contributed by atoms with E-state index >= 15 is 0 Å². The average Bonchev–Trinajstić information content (AvgIpc) is 2.78. The molecule has 0 radical (unpaired) electrons. The van der Waals surface area contributed by atoms with Gasteiger partial charge in [-0.3, -0.25) is 4.99 Å². The summed E-state index contributed by atoms with van der Waals surface area (Å²) in [5.41, 5.74) is 1.22. The lowest BCUT2D eigenvalue weighted by Crippen LogP contribution is -2.43. The fraction of sp³-hybridized carbons (Fsp3) is 0.667. The van der Waals surface area contributed by atoms with E-state index in [0.717, 1.165) is 51.9 Å². The van der Waals surface area contributed by atoms with Gasteiger partial charge in [-0.2, -0.15) is 0 Å². The van der Waals surface area contributed by atoms with E-state index in [0.29, 0.717) is 19.0 Å². The first-order valence-corrected chi connectivity index (χ1v) is 12.5. The van der Waals surface area contributed by atoms with Crippen LogP contribution in [0.3, 0.4) is 0 Å². The maximum absolute atomic E-state index is 12.2. The highest BCUT2D eigenvalue weighted by atomic mass is 127. The Kier molecular flexibility index (Phi) is 14.1. The normalized spacial score (nSPS) is 17.0. The van der Waals surface area contributed by atoms with E-state index < -0.39 is 10.0 Å². The highest BCUT2D eigenvalue weighted by molar-refractivity contribution is 14.0. The molecule has 1 aliphatic rings. The van der Waals surface area contributed by atoms with Crippen molar-refractivity contribution in [1.29, 1.82) is 0 Å². The van der Waals surface area contributed by atoms with Gasteiger partial charge < -0.3 is 20.3 Å². The molecule has 0 aliphatic carbocycles. The van der Waals surface area contributed by atoms with Gasteiger partial charge in [-0.1, -0.05) is 18.2 Å². The van der Waals surface area contributed by atoms with Crippen LogP contribution >= 0.6 is 24.0 Å². The van der Waals surface area contributed by atoms with E-state index in [1.165, 1.54) is 5.69 Å². The van der Waals surface area contributed by atoms with Gasteiger partial charge in [0.1, 0.15) is 0 Å². The highest BCUT2D eigenvalue weighted by Crippen LogP contribution is 2.13. The molecule has 1 atom stereocenters. The number of anilines is 1. The van der Waals surface area contributed by atoms with Gasteiger partial charge in [0.05, 0.1) is 11.9 Å². The highest BCUT2D eigenvalue weighted by Gasteiger charge is 2.17. The minimum Gasteiger partial charge on any atom is -0.377 e. The van der Waals surface area contributed by atoms with E-state index in [9.17, 15) is 8.42 Å². The summed E-state index contributed by atoms with van der Waals surface area (Å²) in [4.78, 5) is 6.49. The Morgan fingerprint density at radius 3 is 2.58 bits per heavy atom. The SMILES string of the molecule is CCN(CCCNC(=NC)NCCS(=O)(=O)NCC1CCCCO1)c1ccccc1.I. The van der Waals surface area contributed by atoms with Gasteiger partial charge in [-0.05, 0) is 44.7 Å². The Morgan fingerprint density at radius 2 is 1.94 bits per heavy atom. The van der Waals surface area contributed by atoms with Crippen molar-refractivity contribution in [3.05, 3.63) is 30.3 Å². The summed E-state index contributed by atoms with van der Waals surface area (Å²) in [5.74, 6) is 0.612. The molecule has 31 heavy (non-hydrogen) atoms. The summed E-state index contributed by atoms with van der Waals surface area (Å²) in [6.07, 6.45) is 4.01. The van der Waals surface area contributed by atoms with Crippen LogP contribution in [-0.4, -0.2) is 72.6 Å². The molecule has 0 spiro atoms. The molecule has 1 aliphatic heterocycles. The van der Waals surface area contributed by atoms with Crippen molar-refractivity contribution in [2.75, 3.05) is 57.0 Å². The molecule has 1 heterocycles. The van der Waals surface area contributed by atoms with Crippen molar-refractivity contribution in [2.45, 2.75) is 38.7 Å². The molecule has 0 aromatic heterocycles. The van der Waals surface area contributed by atoms with Gasteiger partial charge in [0.25, 0.3) is 0 Å². The zero-order valence-corrected chi connectivity index (χ0v) is 21.8. The zero-order valence-electron chi connectivity index (χ0n) is 18.7. The molecule has 178 valence electrons. The molecule has 0 bridgehead atoms. The number of nitrogens with zero attached hydrogens (tertiary/aromatic N) is 2. The van der Waals surface area contributed by atoms with E-state index in [2.05, 4.69) is 44.3 Å². The number of halogens is 1. The molecule has 1 unspecified atom stereocenters. The molecule has 2 rings (SSSR count). The van der Waals surface area contributed by atoms with Crippen molar-refractivity contribution in [3.63, 3.8) is 0 Å². The van der Waals surface area contributed by atoms with Crippen molar-refractivity contribution in [2.24, 2.45) is 4.99 Å². The maximum atomic E-state index is 12.2. The predicted molar refractivity (Wildman–Crippen MR) is 139 cm³/mol. The molecule has 1 aromatic carbocycles. The Balaban J connectivity index is 0.00000480. The summed E-state index contributed by atoms with van der Waals surface area (Å²) in [7, 11) is -1.65. The van der Waals surface area contributed by atoms with Gasteiger partial charge in [0.2, 0.25) is 10.0 Å². The standard InChI is InChI=1S/C21H37N5O3S.HI/c1-3-26(19-10-5-4-6-11-19)15-9-13-23-21(22-2)24-14-17-30(27,28)25-18-20-12-7-8-16-29-20;/h4-6,10-11,20,25H,3,7-9,12-18H2,1-2H3,(H2,22,23,24);1H. The second kappa shape index (κ2) is 15.7. The minimum atomic E-state index is -3.34. The molecule has 0 saturated carbocycles. The van der Waals surface area contributed by atoms with E-state index in [-0.39, 0.29) is 35.8 Å². The van der Waals surface area contributed by atoms with Crippen LogP contribution in [0.1, 0.15) is 32.6 Å². The van der Waals surface area contributed by atoms with Crippen LogP contribution in [0.5, 0.6) is 0 Å². The summed E-state index contributed by atoms with van der Waals surface area (Å²) >= 11 is 0. The number of sulfonamides is 1. The van der Waals surface area contributed by atoms with Gasteiger partial charge in [-0.15, -0.1) is 24.0 Å². The molecule has 1 aromatic rings. The third-order valence-corrected chi connectivity index (χ3v) is 6.44. The molecule has 1 saturated heterocycles. The summed E-state index contributed by atoms with van der Waals surface area (Å²) in [6.45, 7) is 6.16. The van der Waals surface area contributed by atoms with Crippen molar-refractivity contribution in [1.82, 2.24) is 15.4 Å². The third kappa shape index (κ3) is 11.4. The van der Waals surface area contributed by atoms with Crippen LogP contribution in [0.25, 0.3) is 0 Å². The molecular weight excluding hydrogens is 529 g/mol. The van der Waals surface area contributed by atoms with Crippen molar-refractivity contribution >= 4 is 45.6 Å². The topological polar surface area (TPSA) is 95.1 Å². The average molecular weight is 568 g/mol. The number of nitrogens with one attached hydrogen (secondary N) is 3. The van der Waals surface area contributed by atoms with Crippen molar-refractivity contribution in [3.8, 4) is 0 Å². The minimum absolute atomic E-state index is 0. The van der Waals surface area contributed by atoms with Crippen molar-refractivity contribution < 1.29 is 13.2 Å². The first kappa shape index (κ1) is 27.9. The lowest BCUT2D eigenvalue weighted by atomic mass is 10.1. The monoisotopic (exact) mass is 567 g/mol. The number of guanidine groups is 1. The largest absolute Gasteiger partial charge is 0.377 e. The maximum Gasteiger partial charge on any atom is 0.213 e. The first-order chi connectivity index (χ1) is 14.5. The number of hydrogen-bond acceptors (Lipinski definition) is 5. The fourth-order valence-electron chi connectivity index (χ4n) is 3.37. The third-order valence-electron chi connectivity index (χ3n) is 5.09. The molecule has 3 N–H and O–H groups in total. The zero-order chi connectivity index (χ0) is 21.7. The Hall–Kier alpha value is -1.11. The van der Waals surface area contributed by atoms with Crippen LogP contribution < -0.4 is 20.3 Å². The molecule has 8 nitrogen and oxygen atoms in total. The van der Waals surface area contributed by atoms with Crippen LogP contribution in [-0.2, 0) is 14.8 Å². The summed E-state index contributed by atoms with van der Waals surface area (Å²) in [5, 5.41) is 6.32. The quantitative estimate of drug-likeness (QED) is 0.155. The number of rotatable bonds is 12. The van der Waals surface area contributed by atoms with Gasteiger partial charge in [0, 0.05) is 52.1 Å². The lowest BCUT2D eigenvalue weighted by molar-refractivity contribution is 0.0200. The Bertz CT molecular complexity index is 728. The number of benzene rings is 1. The lowest BCUT2D eigenvalue weighted by Gasteiger charge is -2.23. The van der Waals surface area contributed by atoms with Crippen LogP contribution in [0.2, 0.25) is 0 Å². The Labute approximate surface area is 204 Å². The van der Waals surface area contributed by atoms with Gasteiger partial charge in [0.15, 0.2) is 5.96 Å². The van der Waals surface area contributed by atoms with Crippen LogP contribution in [0, 0.1) is 0 Å². The summed E-state index contributed by atoms with van der Waals surface area (Å²) in [6, 6.07) is 10.4. The Morgan fingerprint density at radius 1 is 1.19 bits per heavy atom. The molecule has 1 fully saturated rings. The second-order valence-electron chi connectivity index (χ2n) is 7.35. The van der Waals surface area contributed by atoms with Crippen LogP contribution in [0.4, 0.5) is 5.69 Å². The first-order valence-electron chi connectivity index (χ1n) is 10.9. The van der Waals surface area contributed by atoms with E-state index in [1.807, 2.05) is 18.2 Å².